The zero-order valence-electron chi connectivity index (χ0n) is 50.9. The van der Waals surface area contributed by atoms with Crippen molar-refractivity contribution in [2.24, 2.45) is 0 Å². The lowest BCUT2D eigenvalue weighted by Crippen LogP contribution is -2.59. The van der Waals surface area contributed by atoms with Crippen LogP contribution in [0.15, 0.2) is 0 Å². The van der Waals surface area contributed by atoms with Crippen LogP contribution in [0.1, 0.15) is 0 Å². The second kappa shape index (κ2) is 48.3. The summed E-state index contributed by atoms with van der Waals surface area (Å²) in [4.78, 5) is 0. The molecule has 100 heavy (non-hydrogen) atoms. The van der Waals surface area contributed by atoms with E-state index in [9.17, 15) is 170 Å². The van der Waals surface area contributed by atoms with Crippen molar-refractivity contribution in [2.45, 2.75) is 58.9 Å². The van der Waals surface area contributed by atoms with Gasteiger partial charge in [-0.25, -0.2) is 0 Å². The molecule has 0 radical (unpaired) electrons. The van der Waals surface area contributed by atoms with Crippen molar-refractivity contribution in [1.29, 1.82) is 0 Å². The molecule has 0 heterocycles. The molecule has 0 bridgehead atoms. The van der Waals surface area contributed by atoms with Crippen molar-refractivity contribution in [3.05, 3.63) is 0 Å². The van der Waals surface area contributed by atoms with Gasteiger partial charge in [0, 0.05) is 0 Å². The van der Waals surface area contributed by atoms with E-state index in [0.717, 1.165) is 6.55 Å². The first-order valence-corrected chi connectivity index (χ1v) is 136. The molecule has 1 atom stereocenters. The lowest BCUT2D eigenvalue weighted by molar-refractivity contribution is 0.496. The maximum Gasteiger partial charge on any atom is 0.549 e. The van der Waals surface area contributed by atoms with Gasteiger partial charge in [-0.2, -0.15) is 0 Å². The van der Waals surface area contributed by atoms with Gasteiger partial charge >= 0.3 is 312 Å². The highest BCUT2D eigenvalue weighted by Crippen LogP contribution is 2.14. The molecule has 0 amide bonds. The van der Waals surface area contributed by atoms with Gasteiger partial charge in [-0.15, -0.1) is 0 Å². The molecule has 0 spiro atoms. The Hall–Kier alpha value is 1.46. The van der Waals surface area contributed by atoms with Crippen LogP contribution in [0.4, 0.5) is 0 Å². The van der Waals surface area contributed by atoms with Crippen molar-refractivity contribution < 1.29 is 200 Å². The second-order valence-electron chi connectivity index (χ2n) is 20.0. The van der Waals surface area contributed by atoms with Crippen LogP contribution in [0.25, 0.3) is 0 Å². The van der Waals surface area contributed by atoms with Crippen molar-refractivity contribution in [1.82, 2.24) is 0 Å². The highest BCUT2D eigenvalue weighted by Gasteiger charge is 2.60. The smallest absolute Gasteiger partial charge is 0.457 e. The molecule has 45 nitrogen and oxygen atoms in total. The summed E-state index contributed by atoms with van der Waals surface area (Å²) in [6, 6.07) is 0. The molecule has 0 N–H and O–H groups in total. The third kappa shape index (κ3) is 32.4. The molecule has 0 aliphatic carbocycles. The molecule has 0 aromatic heterocycles. The zero-order valence-corrected chi connectivity index (χ0v) is 97.8. The van der Waals surface area contributed by atoms with Crippen LogP contribution >= 0.6 is 0 Å². The summed E-state index contributed by atoms with van der Waals surface area (Å²) in [5.74, 6) is 0. The predicted molar refractivity (Wildman–Crippen MR) is 357 cm³/mol. The second-order valence-corrected chi connectivity index (χ2v) is 234. The Bertz CT molecular complexity index is 4210. The van der Waals surface area contributed by atoms with E-state index < -0.39 is 363 Å². The predicted octanol–water partition coefficient (Wildman–Crippen LogP) is -18.8. The fraction of sp³-hybridized carbons (Fsp3) is 1.00. The normalized spacial score (nSPS) is 10.8. The lowest BCUT2D eigenvalue weighted by Gasteiger charge is -2.28. The van der Waals surface area contributed by atoms with Gasteiger partial charge in [0.2, 0.25) is 35.0 Å². The van der Waals surface area contributed by atoms with Gasteiger partial charge in [0.05, 0.1) is 0 Å². The highest BCUT2D eigenvalue weighted by molar-refractivity contribution is 7.85. The molecule has 0 saturated carbocycles. The van der Waals surface area contributed by atoms with Gasteiger partial charge in [-0.3, -0.25) is 17.8 Å². The lowest BCUT2D eigenvalue weighted by atomic mass is 11.8. The van der Waals surface area contributed by atoms with Crippen LogP contribution in [0.5, 0.6) is 0 Å². The molecule has 522 valence electrons. The van der Waals surface area contributed by atoms with Crippen molar-refractivity contribution in [2.75, 3.05) is 0 Å². The Morgan fingerprint density at radius 2 is 0.400 bits per heavy atom. The van der Waals surface area contributed by atoms with E-state index in [2.05, 4.69) is 0 Å². The Kier molecular flexibility index (Phi) is 51.0. The third-order valence-electron chi connectivity index (χ3n) is 10.1. The van der Waals surface area contributed by atoms with Crippen LogP contribution in [-0.4, -0.2) is 363 Å². The SMILES string of the molecule is C[SiH](O[SiH2][Si](=O)[Si](=O)[Si](=O)[Si](=O)[Si](=O)[Si](=O)[Si](=O)[Si](=O)[Si](=O)[Si](=O)[Si](=O)[Si](=O)[Si](=O)[Si](=O)[Si](=O)[Si](=O)[Si](=O)[Si](=O)[Si](=O)[Si](=O)[Si](=O)[Si](=O)[Si](=O)[Si](=O)[Si](=O)[Si](C)(C)O[Si](C)(C)C)[Si](=O)[Si](=O)[Si](=O)[Si](=O)[Si](=O)[Si](=O)[Si](=O)[Si](=O)[Si](=O)[Si](=O)[Si](=O)[Si](=O)[Si](=O)[SiH2]O[Si](C)(C)C.O=[Si]=O.O=[Si]=O. The molecule has 0 aliphatic rings. The number of rotatable bonds is 46. The zero-order chi connectivity index (χ0) is 80.0. The van der Waals surface area contributed by atoms with Crippen LogP contribution < -0.4 is 0 Å². The van der Waals surface area contributed by atoms with Crippen LogP contribution in [-0.2, 0) is 200 Å². The Morgan fingerprint density at radius 3 is 0.580 bits per heavy atom. The molecule has 0 aromatic rings. The summed E-state index contributed by atoms with van der Waals surface area (Å²) in [6.07, 6.45) is 0. The average molecular weight is 2150 g/mol. The summed E-state index contributed by atoms with van der Waals surface area (Å²) in [6.45, 7) is 13.6. The van der Waals surface area contributed by atoms with Crippen LogP contribution in [0.2, 0.25) is 58.9 Å². The van der Waals surface area contributed by atoms with Crippen molar-refractivity contribution >= 4 is 363 Å². The van der Waals surface area contributed by atoms with E-state index in [1.54, 1.807) is 39.3 Å². The van der Waals surface area contributed by atoms with Gasteiger partial charge in [0.25, 0.3) is 0 Å². The van der Waals surface area contributed by atoms with E-state index in [1.807, 2.05) is 0 Å². The first-order chi connectivity index (χ1) is 45.3. The first-order valence-electron chi connectivity index (χ1n) is 24.8. The minimum Gasteiger partial charge on any atom is -0.457 e. The monoisotopic (exact) mass is 2150 g/mol. The van der Waals surface area contributed by atoms with E-state index in [4.69, 9.17) is 30.2 Å². The highest BCUT2D eigenvalue weighted by atomic mass is 30.1. The number of hydrogen-bond acceptors (Lipinski definition) is 45. The summed E-state index contributed by atoms with van der Waals surface area (Å²) in [5, 5.41) is 0. The fourth-order valence-corrected chi connectivity index (χ4v) is 497. The van der Waals surface area contributed by atoms with E-state index in [-0.39, 0.29) is 0 Å². The summed E-state index contributed by atoms with van der Waals surface area (Å²) in [5.41, 5.74) is 0. The minimum absolute atomic E-state index is 0.906. The van der Waals surface area contributed by atoms with Gasteiger partial charge < -0.3 is 182 Å². The molecule has 0 aromatic carbocycles. The maximum atomic E-state index is 13.0. The largest absolute Gasteiger partial charge is 0.549 e. The average Bonchev–Trinajstić information content (AvgIpc) is 0.829. The fourth-order valence-electron chi connectivity index (χ4n) is 5.52. The molecular formula is C9H32O45Si46. The van der Waals surface area contributed by atoms with Crippen LogP contribution in [0, 0.1) is 0 Å². The van der Waals surface area contributed by atoms with E-state index in [1.165, 1.54) is 13.1 Å². The molecule has 0 saturated heterocycles. The molecule has 1 unspecified atom stereocenters. The van der Waals surface area contributed by atoms with Gasteiger partial charge in [-0.1, -0.05) is 0 Å². The topological polar surface area (TPSA) is 745 Å². The Balaban J connectivity index is -0.0000151. The molecule has 0 aliphatic heterocycles. The van der Waals surface area contributed by atoms with Crippen molar-refractivity contribution in [3.8, 4) is 0 Å². The van der Waals surface area contributed by atoms with E-state index >= 15 is 0 Å². The Labute approximate surface area is 614 Å². The quantitative estimate of drug-likeness (QED) is 0.0511. The van der Waals surface area contributed by atoms with Gasteiger partial charge in [0.15, 0.2) is 16.6 Å². The van der Waals surface area contributed by atoms with Gasteiger partial charge in [-0.05, 0) is 58.9 Å². The number of hydrogen-bond donors (Lipinski definition) is 0. The van der Waals surface area contributed by atoms with Gasteiger partial charge in [0.1, 0.15) is 0 Å². The van der Waals surface area contributed by atoms with Crippen LogP contribution in [0.3, 0.4) is 0 Å². The maximum absolute atomic E-state index is 13.0. The summed E-state index contributed by atoms with van der Waals surface area (Å²) >= 11 is 0. The van der Waals surface area contributed by atoms with E-state index in [0.29, 0.717) is 0 Å². The summed E-state index contributed by atoms with van der Waals surface area (Å²) < 4.78 is 537. The standard InChI is InChI=1S/C9H32O41Si44.2O2Si/c1-53(56(12)59(15)62(18)65(21)68(24)71(27)72(28)70(26)67(23)64(20)61(17)58(14)55(11)52-49-92(2,3)4)48-51-54(10)57(13)60(16)63(19)66(22)69(25)73(29)74(30)75(31)76(32)77(33)78(34)79(35)80(36)81(37)82(38)83(39)84(40)85(41)86(42)87(43)88(44)89(45)90(46)91(47)94(8,9)50-93(5,6)7;2*1-3-2/h53H,51-52H2,1-9H3;;. The molecular weight excluding hydrogens is 2120 g/mol. The summed E-state index contributed by atoms with van der Waals surface area (Å²) in [7, 11) is -186. The van der Waals surface area contributed by atoms with Crippen molar-refractivity contribution in [3.63, 3.8) is 0 Å². The first kappa shape index (κ1) is 106. The molecule has 0 rings (SSSR count). The third-order valence-corrected chi connectivity index (χ3v) is 341. The molecule has 0 fully saturated rings. The minimum atomic E-state index is -4.76. The Morgan fingerprint density at radius 1 is 0.240 bits per heavy atom. The molecule has 91 heteroatoms.